The van der Waals surface area contributed by atoms with Crippen molar-refractivity contribution in [2.75, 3.05) is 35.9 Å². The Hall–Kier alpha value is -2.34. The van der Waals surface area contributed by atoms with Crippen LogP contribution in [0.1, 0.15) is 24.8 Å². The summed E-state index contributed by atoms with van der Waals surface area (Å²) in [5.41, 5.74) is 3.48. The third-order valence-corrected chi connectivity index (χ3v) is 8.21. The van der Waals surface area contributed by atoms with Gasteiger partial charge in [0.15, 0.2) is 0 Å². The fraction of sp³-hybridized carbons (Fsp3) is 0.429. The highest BCUT2D eigenvalue weighted by Gasteiger charge is 2.36. The van der Waals surface area contributed by atoms with E-state index in [0.29, 0.717) is 43.1 Å². The molecular formula is C21H23ClN4O3S. The predicted molar refractivity (Wildman–Crippen MR) is 117 cm³/mol. The van der Waals surface area contributed by atoms with Crippen LogP contribution in [0.2, 0.25) is 5.02 Å². The monoisotopic (exact) mass is 446 g/mol. The highest BCUT2D eigenvalue weighted by atomic mass is 35.5. The normalized spacial score (nSPS) is 19.4. The van der Waals surface area contributed by atoms with Gasteiger partial charge in [-0.15, -0.1) is 0 Å². The molecule has 0 bridgehead atoms. The molecule has 1 saturated heterocycles. The van der Waals surface area contributed by atoms with E-state index in [0.717, 1.165) is 22.4 Å². The highest BCUT2D eigenvalue weighted by molar-refractivity contribution is 7.92. The van der Waals surface area contributed by atoms with Crippen molar-refractivity contribution in [2.45, 2.75) is 25.0 Å². The quantitative estimate of drug-likeness (QED) is 0.774. The Labute approximate surface area is 181 Å². The predicted octanol–water partition coefficient (Wildman–Crippen LogP) is 3.17. The number of piperidine rings is 1. The average Bonchev–Trinajstić information content (AvgIpc) is 2.96. The third-order valence-electron chi connectivity index (χ3n) is 6.22. The van der Waals surface area contributed by atoms with Gasteiger partial charge in [0, 0.05) is 44.7 Å². The van der Waals surface area contributed by atoms with E-state index in [2.05, 4.69) is 16.0 Å². The first-order valence-electron chi connectivity index (χ1n) is 9.81. The van der Waals surface area contributed by atoms with E-state index >= 15 is 0 Å². The van der Waals surface area contributed by atoms with Crippen molar-refractivity contribution in [1.29, 1.82) is 5.26 Å². The number of benzene rings is 1. The van der Waals surface area contributed by atoms with Gasteiger partial charge in [-0.05, 0) is 42.5 Å². The molecule has 0 saturated carbocycles. The smallest absolute Gasteiger partial charge is 0.239 e. The number of aliphatic hydroxyl groups is 1. The molecule has 2 aromatic rings. The lowest BCUT2D eigenvalue weighted by molar-refractivity contribution is 0.197. The summed E-state index contributed by atoms with van der Waals surface area (Å²) in [6, 6.07) is 8.00. The minimum absolute atomic E-state index is 0.00129. The number of hydrogen-bond acceptors (Lipinski definition) is 6. The maximum Gasteiger partial charge on any atom is 0.239 e. The zero-order chi connectivity index (χ0) is 21.5. The molecule has 158 valence electrons. The molecule has 0 radical (unpaired) electrons. The van der Waals surface area contributed by atoms with Gasteiger partial charge in [-0.3, -0.25) is 9.29 Å². The summed E-state index contributed by atoms with van der Waals surface area (Å²) in [6.07, 6.45) is 5.12. The summed E-state index contributed by atoms with van der Waals surface area (Å²) in [5.74, 6) is -0.0223. The highest BCUT2D eigenvalue weighted by Crippen LogP contribution is 2.43. The third kappa shape index (κ3) is 3.51. The maximum atomic E-state index is 12.2. The number of hydrogen-bond donors (Lipinski definition) is 1. The van der Waals surface area contributed by atoms with Crippen molar-refractivity contribution >= 4 is 33.0 Å². The molecule has 2 aliphatic rings. The van der Waals surface area contributed by atoms with Crippen molar-refractivity contribution in [1.82, 2.24) is 4.98 Å². The number of aromatic nitrogens is 1. The number of aliphatic hydroxyl groups excluding tert-OH is 1. The van der Waals surface area contributed by atoms with Crippen LogP contribution < -0.4 is 9.21 Å². The molecule has 1 fully saturated rings. The number of sulfonamides is 1. The molecule has 9 heteroatoms. The molecule has 4 rings (SSSR count). The molecule has 1 aromatic carbocycles. The van der Waals surface area contributed by atoms with Gasteiger partial charge in [0.1, 0.15) is 0 Å². The lowest BCUT2D eigenvalue weighted by Crippen LogP contribution is -2.40. The van der Waals surface area contributed by atoms with Crippen molar-refractivity contribution < 1.29 is 13.5 Å². The van der Waals surface area contributed by atoms with E-state index in [9.17, 15) is 18.8 Å². The number of fused-ring (bicyclic) bond motifs is 1. The Bertz CT molecular complexity index is 1120. The van der Waals surface area contributed by atoms with Gasteiger partial charge < -0.3 is 10.0 Å². The van der Waals surface area contributed by atoms with E-state index in [1.54, 1.807) is 19.4 Å². The zero-order valence-corrected chi connectivity index (χ0v) is 18.2. The molecule has 0 amide bonds. The fourth-order valence-corrected chi connectivity index (χ4v) is 5.94. The van der Waals surface area contributed by atoms with Crippen molar-refractivity contribution in [2.24, 2.45) is 5.41 Å². The standard InChI is InChI=1S/C21H23ClN4O3S/c1-25-19-3-2-15(10-16(19)13-30(25,28)29)17-11-24-12-18(22)20(17)26-7-4-21(14-23,5-8-26)6-9-27/h2-3,10-12,27H,4-9,13H2,1H3. The molecule has 1 aromatic heterocycles. The summed E-state index contributed by atoms with van der Waals surface area (Å²) >= 11 is 6.55. The summed E-state index contributed by atoms with van der Waals surface area (Å²) in [5, 5.41) is 19.4. The number of pyridine rings is 1. The van der Waals surface area contributed by atoms with Crippen molar-refractivity contribution in [3.63, 3.8) is 0 Å². The number of anilines is 2. The number of nitrogens with zero attached hydrogens (tertiary/aromatic N) is 4. The van der Waals surface area contributed by atoms with Crippen LogP contribution in [0.15, 0.2) is 30.6 Å². The molecule has 0 atom stereocenters. The number of rotatable bonds is 4. The second kappa shape index (κ2) is 7.73. The topological polar surface area (TPSA) is 97.5 Å². The lowest BCUT2D eigenvalue weighted by atomic mass is 9.77. The van der Waals surface area contributed by atoms with Gasteiger partial charge in [0.2, 0.25) is 10.0 Å². The Morgan fingerprint density at radius 3 is 2.70 bits per heavy atom. The molecule has 30 heavy (non-hydrogen) atoms. The van der Waals surface area contributed by atoms with E-state index in [-0.39, 0.29) is 12.4 Å². The first-order chi connectivity index (χ1) is 14.3. The molecule has 7 nitrogen and oxygen atoms in total. The van der Waals surface area contributed by atoms with Crippen LogP contribution in [0.5, 0.6) is 0 Å². The number of halogens is 1. The fourth-order valence-electron chi connectivity index (χ4n) is 4.37. The van der Waals surface area contributed by atoms with Crippen LogP contribution in [0.4, 0.5) is 11.4 Å². The van der Waals surface area contributed by atoms with E-state index in [4.69, 9.17) is 11.6 Å². The van der Waals surface area contributed by atoms with Gasteiger partial charge in [-0.2, -0.15) is 5.26 Å². The summed E-state index contributed by atoms with van der Waals surface area (Å²) in [6.45, 7) is 1.29. The second-order valence-electron chi connectivity index (χ2n) is 7.94. The van der Waals surface area contributed by atoms with Crippen LogP contribution in [-0.4, -0.2) is 45.3 Å². The first-order valence-corrected chi connectivity index (χ1v) is 11.8. The molecule has 3 heterocycles. The maximum absolute atomic E-state index is 12.2. The number of nitriles is 1. The molecular weight excluding hydrogens is 424 g/mol. The Balaban J connectivity index is 1.69. The average molecular weight is 447 g/mol. The van der Waals surface area contributed by atoms with Crippen LogP contribution in [-0.2, 0) is 15.8 Å². The summed E-state index contributed by atoms with van der Waals surface area (Å²) in [7, 11) is -1.75. The van der Waals surface area contributed by atoms with Crippen LogP contribution in [0.25, 0.3) is 11.1 Å². The van der Waals surface area contributed by atoms with Crippen LogP contribution >= 0.6 is 11.6 Å². The molecule has 2 aliphatic heterocycles. The van der Waals surface area contributed by atoms with Gasteiger partial charge in [-0.25, -0.2) is 8.42 Å². The summed E-state index contributed by atoms with van der Waals surface area (Å²) in [4.78, 5) is 6.41. The Kier molecular flexibility index (Phi) is 5.39. The second-order valence-corrected chi connectivity index (χ2v) is 10.3. The van der Waals surface area contributed by atoms with Gasteiger partial charge >= 0.3 is 0 Å². The first kappa shape index (κ1) is 20.9. The lowest BCUT2D eigenvalue weighted by Gasteiger charge is -2.39. The van der Waals surface area contributed by atoms with Gasteiger partial charge in [-0.1, -0.05) is 17.7 Å². The van der Waals surface area contributed by atoms with Gasteiger partial charge in [0.05, 0.1) is 33.6 Å². The van der Waals surface area contributed by atoms with Crippen molar-refractivity contribution in [3.05, 3.63) is 41.2 Å². The van der Waals surface area contributed by atoms with E-state index in [1.807, 2.05) is 18.2 Å². The van der Waals surface area contributed by atoms with Crippen LogP contribution in [0.3, 0.4) is 0 Å². The molecule has 0 spiro atoms. The van der Waals surface area contributed by atoms with E-state index in [1.165, 1.54) is 4.31 Å². The molecule has 1 N–H and O–H groups in total. The largest absolute Gasteiger partial charge is 0.396 e. The Morgan fingerprint density at radius 1 is 1.30 bits per heavy atom. The Morgan fingerprint density at radius 2 is 2.03 bits per heavy atom. The summed E-state index contributed by atoms with van der Waals surface area (Å²) < 4.78 is 25.8. The van der Waals surface area contributed by atoms with Crippen molar-refractivity contribution in [3.8, 4) is 17.2 Å². The SMILES string of the molecule is CN1c2ccc(-c3cncc(Cl)c3N3CCC(C#N)(CCO)CC3)cc2CS1(=O)=O. The molecule has 0 aliphatic carbocycles. The minimum atomic E-state index is -3.31. The van der Waals surface area contributed by atoms with Crippen LogP contribution in [0, 0.1) is 16.7 Å². The molecule has 0 unspecified atom stereocenters. The van der Waals surface area contributed by atoms with E-state index < -0.39 is 15.4 Å². The zero-order valence-electron chi connectivity index (χ0n) is 16.7. The van der Waals surface area contributed by atoms with Gasteiger partial charge in [0.25, 0.3) is 0 Å². The minimum Gasteiger partial charge on any atom is -0.396 e.